The van der Waals surface area contributed by atoms with E-state index in [0.29, 0.717) is 13.0 Å². The van der Waals surface area contributed by atoms with Crippen molar-refractivity contribution in [3.63, 3.8) is 0 Å². The summed E-state index contributed by atoms with van der Waals surface area (Å²) in [7, 11) is 1.64. The highest BCUT2D eigenvalue weighted by Gasteiger charge is 2.18. The lowest BCUT2D eigenvalue weighted by Crippen LogP contribution is -2.49. The standard InChI is InChI=1S/C14H22N2O2/c1-10-7-11(5-6-12(10)18-4)8-13(17)16-14(2,3)9-15/h5-7H,8-9,15H2,1-4H3,(H,16,17). The van der Waals surface area contributed by atoms with Gasteiger partial charge in [-0.15, -0.1) is 0 Å². The minimum atomic E-state index is -0.363. The normalized spacial score (nSPS) is 11.2. The van der Waals surface area contributed by atoms with Crippen molar-refractivity contribution in [2.75, 3.05) is 13.7 Å². The van der Waals surface area contributed by atoms with E-state index in [4.69, 9.17) is 10.5 Å². The second kappa shape index (κ2) is 5.87. The maximum atomic E-state index is 11.9. The predicted octanol–water partition coefficient (Wildman–Crippen LogP) is 1.40. The minimum Gasteiger partial charge on any atom is -0.496 e. The number of rotatable bonds is 5. The summed E-state index contributed by atoms with van der Waals surface area (Å²) in [6, 6.07) is 5.75. The summed E-state index contributed by atoms with van der Waals surface area (Å²) in [6.45, 7) is 6.19. The molecule has 0 atom stereocenters. The molecule has 0 aliphatic carbocycles. The van der Waals surface area contributed by atoms with Crippen molar-refractivity contribution >= 4 is 5.91 Å². The first kappa shape index (κ1) is 14.5. The van der Waals surface area contributed by atoms with E-state index in [-0.39, 0.29) is 11.4 Å². The Kier molecular flexibility index (Phi) is 4.73. The van der Waals surface area contributed by atoms with E-state index in [9.17, 15) is 4.79 Å². The van der Waals surface area contributed by atoms with Crippen LogP contribution in [-0.4, -0.2) is 25.1 Å². The summed E-state index contributed by atoms with van der Waals surface area (Å²) in [4.78, 5) is 11.9. The molecule has 0 heterocycles. The van der Waals surface area contributed by atoms with Gasteiger partial charge in [0, 0.05) is 12.1 Å². The molecule has 0 aliphatic heterocycles. The van der Waals surface area contributed by atoms with Crippen LogP contribution in [-0.2, 0) is 11.2 Å². The summed E-state index contributed by atoms with van der Waals surface area (Å²) >= 11 is 0. The molecule has 0 saturated heterocycles. The highest BCUT2D eigenvalue weighted by atomic mass is 16.5. The van der Waals surface area contributed by atoms with Crippen LogP contribution in [0, 0.1) is 6.92 Å². The van der Waals surface area contributed by atoms with E-state index < -0.39 is 0 Å². The van der Waals surface area contributed by atoms with Crippen LogP contribution in [0.25, 0.3) is 0 Å². The zero-order chi connectivity index (χ0) is 13.8. The van der Waals surface area contributed by atoms with Gasteiger partial charge >= 0.3 is 0 Å². The number of carbonyl (C=O) groups is 1. The SMILES string of the molecule is COc1ccc(CC(=O)NC(C)(C)CN)cc1C. The van der Waals surface area contributed by atoms with Gasteiger partial charge in [0.05, 0.1) is 13.5 Å². The van der Waals surface area contributed by atoms with E-state index in [0.717, 1.165) is 16.9 Å². The van der Waals surface area contributed by atoms with Crippen LogP contribution in [0.1, 0.15) is 25.0 Å². The summed E-state index contributed by atoms with van der Waals surface area (Å²) < 4.78 is 5.19. The summed E-state index contributed by atoms with van der Waals surface area (Å²) in [6.07, 6.45) is 0.355. The first-order valence-corrected chi connectivity index (χ1v) is 6.02. The molecule has 0 unspecified atom stereocenters. The van der Waals surface area contributed by atoms with Crippen LogP contribution in [0.2, 0.25) is 0 Å². The number of carbonyl (C=O) groups excluding carboxylic acids is 1. The van der Waals surface area contributed by atoms with Crippen LogP contribution in [0.5, 0.6) is 5.75 Å². The number of amides is 1. The molecule has 0 spiro atoms. The van der Waals surface area contributed by atoms with E-state index in [1.165, 1.54) is 0 Å². The third kappa shape index (κ3) is 4.04. The zero-order valence-electron chi connectivity index (χ0n) is 11.5. The molecule has 0 saturated carbocycles. The van der Waals surface area contributed by atoms with Gasteiger partial charge in [-0.05, 0) is 38.0 Å². The Bertz CT molecular complexity index is 428. The van der Waals surface area contributed by atoms with E-state index in [1.54, 1.807) is 7.11 Å². The molecule has 1 rings (SSSR count). The van der Waals surface area contributed by atoms with Gasteiger partial charge in [0.1, 0.15) is 5.75 Å². The fourth-order valence-electron chi connectivity index (χ4n) is 1.71. The predicted molar refractivity (Wildman–Crippen MR) is 72.7 cm³/mol. The van der Waals surface area contributed by atoms with Crippen molar-refractivity contribution in [1.29, 1.82) is 0 Å². The first-order chi connectivity index (χ1) is 8.38. The largest absolute Gasteiger partial charge is 0.496 e. The van der Waals surface area contributed by atoms with Gasteiger partial charge in [0.2, 0.25) is 5.91 Å². The number of methoxy groups -OCH3 is 1. The quantitative estimate of drug-likeness (QED) is 0.830. The number of nitrogens with two attached hydrogens (primary N) is 1. The monoisotopic (exact) mass is 250 g/mol. The summed E-state index contributed by atoms with van der Waals surface area (Å²) in [5, 5.41) is 2.91. The highest BCUT2D eigenvalue weighted by molar-refractivity contribution is 5.79. The lowest BCUT2D eigenvalue weighted by molar-refractivity contribution is -0.121. The van der Waals surface area contributed by atoms with Crippen molar-refractivity contribution in [3.05, 3.63) is 29.3 Å². The molecular formula is C14H22N2O2. The Morgan fingerprint density at radius 1 is 1.44 bits per heavy atom. The fraction of sp³-hybridized carbons (Fsp3) is 0.500. The van der Waals surface area contributed by atoms with Crippen molar-refractivity contribution in [1.82, 2.24) is 5.32 Å². The van der Waals surface area contributed by atoms with Crippen LogP contribution in [0.3, 0.4) is 0 Å². The molecule has 4 heteroatoms. The number of benzene rings is 1. The topological polar surface area (TPSA) is 64.3 Å². The average molecular weight is 250 g/mol. The molecule has 1 amide bonds. The van der Waals surface area contributed by atoms with Gasteiger partial charge < -0.3 is 15.8 Å². The molecule has 18 heavy (non-hydrogen) atoms. The van der Waals surface area contributed by atoms with Gasteiger partial charge in [-0.25, -0.2) is 0 Å². The van der Waals surface area contributed by atoms with E-state index in [2.05, 4.69) is 5.32 Å². The summed E-state index contributed by atoms with van der Waals surface area (Å²) in [5.41, 5.74) is 7.22. The average Bonchev–Trinajstić information content (AvgIpc) is 2.28. The number of hydrogen-bond acceptors (Lipinski definition) is 3. The number of aryl methyl sites for hydroxylation is 1. The van der Waals surface area contributed by atoms with E-state index in [1.807, 2.05) is 39.0 Å². The molecule has 0 fully saturated rings. The maximum absolute atomic E-state index is 11.9. The molecule has 1 aromatic rings. The molecular weight excluding hydrogens is 228 g/mol. The molecule has 0 aromatic heterocycles. The van der Waals surface area contributed by atoms with E-state index >= 15 is 0 Å². The Labute approximate surface area is 109 Å². The Morgan fingerprint density at radius 3 is 2.61 bits per heavy atom. The maximum Gasteiger partial charge on any atom is 0.224 e. The molecule has 0 aliphatic rings. The zero-order valence-corrected chi connectivity index (χ0v) is 11.5. The van der Waals surface area contributed by atoms with Crippen molar-refractivity contribution < 1.29 is 9.53 Å². The van der Waals surface area contributed by atoms with Gasteiger partial charge in [-0.1, -0.05) is 12.1 Å². The van der Waals surface area contributed by atoms with Crippen LogP contribution in [0.4, 0.5) is 0 Å². The van der Waals surface area contributed by atoms with Gasteiger partial charge in [0.15, 0.2) is 0 Å². The molecule has 3 N–H and O–H groups in total. The van der Waals surface area contributed by atoms with Crippen molar-refractivity contribution in [3.8, 4) is 5.75 Å². The number of nitrogens with one attached hydrogen (secondary N) is 1. The lowest BCUT2D eigenvalue weighted by atomic mass is 10.0. The van der Waals surface area contributed by atoms with Crippen LogP contribution >= 0.6 is 0 Å². The third-order valence-electron chi connectivity index (χ3n) is 2.81. The molecule has 1 aromatic carbocycles. The second-order valence-electron chi connectivity index (χ2n) is 5.12. The first-order valence-electron chi connectivity index (χ1n) is 6.02. The van der Waals surface area contributed by atoms with Gasteiger partial charge in [0.25, 0.3) is 0 Å². The van der Waals surface area contributed by atoms with Gasteiger partial charge in [-0.2, -0.15) is 0 Å². The summed E-state index contributed by atoms with van der Waals surface area (Å²) in [5.74, 6) is 0.816. The lowest BCUT2D eigenvalue weighted by Gasteiger charge is -2.24. The molecule has 0 radical (unpaired) electrons. The van der Waals surface area contributed by atoms with Gasteiger partial charge in [-0.3, -0.25) is 4.79 Å². The van der Waals surface area contributed by atoms with Crippen LogP contribution < -0.4 is 15.8 Å². The smallest absolute Gasteiger partial charge is 0.224 e. The molecule has 0 bridgehead atoms. The molecule has 100 valence electrons. The van der Waals surface area contributed by atoms with Crippen LogP contribution in [0.15, 0.2) is 18.2 Å². The number of ether oxygens (including phenoxy) is 1. The molecule has 4 nitrogen and oxygen atoms in total. The minimum absolute atomic E-state index is 0.0185. The Balaban J connectivity index is 2.68. The van der Waals surface area contributed by atoms with Crippen molar-refractivity contribution in [2.45, 2.75) is 32.7 Å². The second-order valence-corrected chi connectivity index (χ2v) is 5.12. The van der Waals surface area contributed by atoms with Crippen molar-refractivity contribution in [2.24, 2.45) is 5.73 Å². The Hall–Kier alpha value is -1.55. The fourth-order valence-corrected chi connectivity index (χ4v) is 1.71. The Morgan fingerprint density at radius 2 is 2.11 bits per heavy atom. The highest BCUT2D eigenvalue weighted by Crippen LogP contribution is 2.18. The third-order valence-corrected chi connectivity index (χ3v) is 2.81. The number of hydrogen-bond donors (Lipinski definition) is 2.